The van der Waals surface area contributed by atoms with Gasteiger partial charge < -0.3 is 19.7 Å². The molecule has 1 N–H and O–H groups in total. The van der Waals surface area contributed by atoms with E-state index in [-0.39, 0.29) is 41.2 Å². The molecule has 0 unspecified atom stereocenters. The van der Waals surface area contributed by atoms with Crippen LogP contribution in [0.1, 0.15) is 44.7 Å². The maximum absolute atomic E-state index is 14.1. The van der Waals surface area contributed by atoms with E-state index in [2.05, 4.69) is 5.32 Å². The van der Waals surface area contributed by atoms with Gasteiger partial charge in [0, 0.05) is 18.7 Å². The standard InChI is InChI=1S/C32H40FN3O6S/c1-7-23(4)34-32(38)28(8-2)35(20-24-11-13-25(33)14-12-24)31(37)21-36(26-15-9-22(3)10-16-26)43(39,40)27-17-18-29(41-5)30(19-27)42-6/h9-19,23,28H,7-8,20-21H2,1-6H3,(H,34,38)/t23-,28-/m0/s1. The summed E-state index contributed by atoms with van der Waals surface area (Å²) in [5, 5.41) is 2.93. The molecule has 3 aromatic carbocycles. The number of rotatable bonds is 14. The van der Waals surface area contributed by atoms with E-state index in [1.54, 1.807) is 31.2 Å². The molecule has 0 aliphatic carbocycles. The van der Waals surface area contributed by atoms with Gasteiger partial charge in [0.1, 0.15) is 18.4 Å². The topological polar surface area (TPSA) is 105 Å². The molecule has 43 heavy (non-hydrogen) atoms. The molecule has 3 aromatic rings. The molecule has 0 aliphatic rings. The zero-order chi connectivity index (χ0) is 31.7. The first kappa shape index (κ1) is 33.4. The highest BCUT2D eigenvalue weighted by atomic mass is 32.2. The van der Waals surface area contributed by atoms with E-state index in [1.165, 1.54) is 61.6 Å². The number of ether oxygens (including phenoxy) is 2. The first-order valence-electron chi connectivity index (χ1n) is 14.1. The zero-order valence-electron chi connectivity index (χ0n) is 25.5. The quantitative estimate of drug-likeness (QED) is 0.272. The molecule has 0 aromatic heterocycles. The van der Waals surface area contributed by atoms with Crippen molar-refractivity contribution in [2.75, 3.05) is 25.1 Å². The van der Waals surface area contributed by atoms with Crippen molar-refractivity contribution in [2.45, 2.75) is 64.1 Å². The Kier molecular flexibility index (Phi) is 11.5. The molecule has 2 amide bonds. The highest BCUT2D eigenvalue weighted by molar-refractivity contribution is 7.92. The third-order valence-corrected chi connectivity index (χ3v) is 8.97. The number of amides is 2. The van der Waals surface area contributed by atoms with Crippen LogP contribution in [0.2, 0.25) is 0 Å². The molecule has 2 atom stereocenters. The fourth-order valence-electron chi connectivity index (χ4n) is 4.49. The number of hydrogen-bond donors (Lipinski definition) is 1. The Hall–Kier alpha value is -4.12. The lowest BCUT2D eigenvalue weighted by Gasteiger charge is -2.33. The summed E-state index contributed by atoms with van der Waals surface area (Å²) in [5.41, 5.74) is 1.77. The van der Waals surface area contributed by atoms with Crippen molar-refractivity contribution < 1.29 is 31.9 Å². The minimum Gasteiger partial charge on any atom is -0.493 e. The number of carbonyl (C=O) groups is 2. The fourth-order valence-corrected chi connectivity index (χ4v) is 5.92. The van der Waals surface area contributed by atoms with E-state index in [0.717, 1.165) is 9.87 Å². The highest BCUT2D eigenvalue weighted by Gasteiger charge is 2.34. The number of sulfonamides is 1. The Labute approximate surface area is 253 Å². The fraction of sp³-hybridized carbons (Fsp3) is 0.375. The van der Waals surface area contributed by atoms with Gasteiger partial charge in [-0.1, -0.05) is 43.7 Å². The summed E-state index contributed by atoms with van der Waals surface area (Å²) in [7, 11) is -1.46. The first-order chi connectivity index (χ1) is 20.4. The van der Waals surface area contributed by atoms with Crippen molar-refractivity contribution in [2.24, 2.45) is 0 Å². The Balaban J connectivity index is 2.09. The van der Waals surface area contributed by atoms with Gasteiger partial charge in [-0.3, -0.25) is 13.9 Å². The minimum atomic E-state index is -4.31. The monoisotopic (exact) mass is 613 g/mol. The van der Waals surface area contributed by atoms with Crippen LogP contribution in [0.15, 0.2) is 71.6 Å². The van der Waals surface area contributed by atoms with Crippen LogP contribution in [-0.2, 0) is 26.2 Å². The molecule has 0 saturated carbocycles. The molecule has 0 bridgehead atoms. The van der Waals surface area contributed by atoms with Crippen LogP contribution in [0.3, 0.4) is 0 Å². The average Bonchev–Trinajstić information content (AvgIpc) is 3.00. The first-order valence-corrected chi connectivity index (χ1v) is 15.5. The summed E-state index contributed by atoms with van der Waals surface area (Å²) in [4.78, 5) is 28.8. The minimum absolute atomic E-state index is 0.0241. The van der Waals surface area contributed by atoms with Crippen molar-refractivity contribution in [3.63, 3.8) is 0 Å². The molecule has 0 saturated heterocycles. The molecule has 0 fully saturated rings. The highest BCUT2D eigenvalue weighted by Crippen LogP contribution is 2.32. The summed E-state index contributed by atoms with van der Waals surface area (Å²) >= 11 is 0. The second-order valence-electron chi connectivity index (χ2n) is 10.3. The number of hydrogen-bond acceptors (Lipinski definition) is 6. The number of carbonyl (C=O) groups excluding carboxylic acids is 2. The van der Waals surface area contributed by atoms with Gasteiger partial charge >= 0.3 is 0 Å². The number of halogens is 1. The van der Waals surface area contributed by atoms with Gasteiger partial charge in [-0.2, -0.15) is 0 Å². The molecule has 11 heteroatoms. The average molecular weight is 614 g/mol. The number of anilines is 1. The van der Waals surface area contributed by atoms with E-state index in [4.69, 9.17) is 9.47 Å². The summed E-state index contributed by atoms with van der Waals surface area (Å²) in [6.45, 7) is 6.84. The van der Waals surface area contributed by atoms with Crippen LogP contribution in [0, 0.1) is 12.7 Å². The molecule has 3 rings (SSSR count). The van der Waals surface area contributed by atoms with E-state index < -0.39 is 34.3 Å². The number of nitrogens with one attached hydrogen (secondary N) is 1. The maximum atomic E-state index is 14.1. The second-order valence-corrected chi connectivity index (χ2v) is 12.1. The van der Waals surface area contributed by atoms with E-state index in [9.17, 15) is 22.4 Å². The smallest absolute Gasteiger partial charge is 0.264 e. The third kappa shape index (κ3) is 8.25. The van der Waals surface area contributed by atoms with Crippen molar-refractivity contribution in [3.05, 3.63) is 83.7 Å². The number of nitrogens with zero attached hydrogens (tertiary/aromatic N) is 2. The molecular weight excluding hydrogens is 573 g/mol. The van der Waals surface area contributed by atoms with Crippen LogP contribution in [0.25, 0.3) is 0 Å². The largest absolute Gasteiger partial charge is 0.493 e. The van der Waals surface area contributed by atoms with Gasteiger partial charge in [-0.05, 0) is 68.7 Å². The zero-order valence-corrected chi connectivity index (χ0v) is 26.3. The SMILES string of the molecule is CC[C@H](C)NC(=O)[C@H](CC)N(Cc1ccc(F)cc1)C(=O)CN(c1ccc(C)cc1)S(=O)(=O)c1ccc(OC)c(OC)c1. The van der Waals surface area contributed by atoms with Gasteiger partial charge in [-0.25, -0.2) is 12.8 Å². The summed E-state index contributed by atoms with van der Waals surface area (Å²) in [6, 6.07) is 15.6. The normalized spacial score (nSPS) is 12.6. The molecule has 0 aliphatic heterocycles. The van der Waals surface area contributed by atoms with Gasteiger partial charge in [0.15, 0.2) is 11.5 Å². The Bertz CT molecular complexity index is 1500. The second kappa shape index (κ2) is 14.9. The van der Waals surface area contributed by atoms with Crippen LogP contribution < -0.4 is 19.1 Å². The lowest BCUT2D eigenvalue weighted by Crippen LogP contribution is -2.53. The summed E-state index contributed by atoms with van der Waals surface area (Å²) in [5.74, 6) is -0.820. The number of aryl methyl sites for hydroxylation is 1. The predicted octanol–water partition coefficient (Wildman–Crippen LogP) is 5.07. The van der Waals surface area contributed by atoms with E-state index in [0.29, 0.717) is 17.7 Å². The van der Waals surface area contributed by atoms with E-state index in [1.807, 2.05) is 20.8 Å². The summed E-state index contributed by atoms with van der Waals surface area (Å²) < 4.78 is 53.5. The molecule has 0 radical (unpaired) electrons. The maximum Gasteiger partial charge on any atom is 0.264 e. The predicted molar refractivity (Wildman–Crippen MR) is 164 cm³/mol. The number of benzene rings is 3. The summed E-state index contributed by atoms with van der Waals surface area (Å²) in [6.07, 6.45) is 0.973. The van der Waals surface area contributed by atoms with Gasteiger partial charge in [0.25, 0.3) is 10.0 Å². The van der Waals surface area contributed by atoms with Gasteiger partial charge in [0.05, 0.1) is 24.8 Å². The van der Waals surface area contributed by atoms with E-state index >= 15 is 0 Å². The van der Waals surface area contributed by atoms with Crippen LogP contribution >= 0.6 is 0 Å². The Morgan fingerprint density at radius 3 is 2.09 bits per heavy atom. The Morgan fingerprint density at radius 2 is 1.53 bits per heavy atom. The molecule has 0 spiro atoms. The number of methoxy groups -OCH3 is 2. The van der Waals surface area contributed by atoms with Crippen LogP contribution in [0.5, 0.6) is 11.5 Å². The van der Waals surface area contributed by atoms with Crippen molar-refractivity contribution in [1.29, 1.82) is 0 Å². The molecule has 9 nitrogen and oxygen atoms in total. The van der Waals surface area contributed by atoms with Crippen molar-refractivity contribution >= 4 is 27.5 Å². The van der Waals surface area contributed by atoms with Gasteiger partial charge in [0.2, 0.25) is 11.8 Å². The van der Waals surface area contributed by atoms with Crippen molar-refractivity contribution in [1.82, 2.24) is 10.2 Å². The van der Waals surface area contributed by atoms with Crippen molar-refractivity contribution in [3.8, 4) is 11.5 Å². The van der Waals surface area contributed by atoms with Crippen LogP contribution in [-0.4, -0.2) is 58.0 Å². The van der Waals surface area contributed by atoms with Gasteiger partial charge in [-0.15, -0.1) is 0 Å². The lowest BCUT2D eigenvalue weighted by atomic mass is 10.1. The molecular formula is C32H40FN3O6S. The lowest BCUT2D eigenvalue weighted by molar-refractivity contribution is -0.140. The molecule has 0 heterocycles. The molecule has 232 valence electrons. The third-order valence-electron chi connectivity index (χ3n) is 7.20. The Morgan fingerprint density at radius 1 is 0.907 bits per heavy atom. The van der Waals surface area contributed by atoms with Crippen LogP contribution in [0.4, 0.5) is 10.1 Å².